The smallest absolute Gasteiger partial charge is 0.128 e. The molecule has 16 heavy (non-hydrogen) atoms. The van der Waals surface area contributed by atoms with Gasteiger partial charge in [-0.1, -0.05) is 26.8 Å². The molecule has 0 amide bonds. The normalized spacial score (nSPS) is 11.6. The molecule has 0 atom stereocenters. The quantitative estimate of drug-likeness (QED) is 0.845. The van der Waals surface area contributed by atoms with Gasteiger partial charge < -0.3 is 10.2 Å². The van der Waals surface area contributed by atoms with Gasteiger partial charge in [0.15, 0.2) is 0 Å². The van der Waals surface area contributed by atoms with Gasteiger partial charge in [0.05, 0.1) is 5.69 Å². The van der Waals surface area contributed by atoms with Gasteiger partial charge in [-0.3, -0.25) is 0 Å². The van der Waals surface area contributed by atoms with Crippen LogP contribution >= 0.6 is 0 Å². The Balaban J connectivity index is 2.51. The summed E-state index contributed by atoms with van der Waals surface area (Å²) in [6.07, 6.45) is 0. The lowest BCUT2D eigenvalue weighted by Gasteiger charge is -2.19. The lowest BCUT2D eigenvalue weighted by atomic mass is 9.97. The first-order valence-electron chi connectivity index (χ1n) is 5.72. The van der Waals surface area contributed by atoms with Crippen molar-refractivity contribution in [3.8, 4) is 0 Å². The number of anilines is 1. The van der Waals surface area contributed by atoms with Crippen LogP contribution in [0.2, 0.25) is 0 Å². The lowest BCUT2D eigenvalue weighted by Crippen LogP contribution is -2.26. The average Bonchev–Trinajstić information content (AvgIpc) is 2.16. The molecule has 0 bridgehead atoms. The molecule has 1 aromatic heterocycles. The van der Waals surface area contributed by atoms with Crippen molar-refractivity contribution >= 4 is 5.82 Å². The topological polar surface area (TPSA) is 28.2 Å². The van der Waals surface area contributed by atoms with Gasteiger partial charge in [-0.2, -0.15) is 0 Å². The first-order chi connectivity index (χ1) is 7.38. The maximum atomic E-state index is 4.56. The monoisotopic (exact) mass is 221 g/mol. The summed E-state index contributed by atoms with van der Waals surface area (Å²) in [5.41, 5.74) is 1.41. The first-order valence-corrected chi connectivity index (χ1v) is 5.72. The second kappa shape index (κ2) is 5.30. The summed E-state index contributed by atoms with van der Waals surface area (Å²) in [5.74, 6) is 1.01. The number of hydrogen-bond donors (Lipinski definition) is 1. The van der Waals surface area contributed by atoms with E-state index < -0.39 is 0 Å². The van der Waals surface area contributed by atoms with Crippen molar-refractivity contribution < 1.29 is 0 Å². The van der Waals surface area contributed by atoms with Crippen LogP contribution in [0, 0.1) is 5.41 Å². The summed E-state index contributed by atoms with van der Waals surface area (Å²) in [6, 6.07) is 6.13. The maximum Gasteiger partial charge on any atom is 0.128 e. The molecule has 3 heteroatoms. The number of nitrogens with zero attached hydrogens (tertiary/aromatic N) is 2. The zero-order chi connectivity index (χ0) is 12.2. The van der Waals surface area contributed by atoms with Crippen LogP contribution in [0.15, 0.2) is 18.2 Å². The molecule has 0 saturated carbocycles. The van der Waals surface area contributed by atoms with Gasteiger partial charge in [0, 0.05) is 27.2 Å². The molecule has 3 nitrogen and oxygen atoms in total. The zero-order valence-electron chi connectivity index (χ0n) is 11.0. The molecule has 0 aromatic carbocycles. The molecule has 0 saturated heterocycles. The van der Waals surface area contributed by atoms with Gasteiger partial charge in [0.25, 0.3) is 0 Å². The van der Waals surface area contributed by atoms with Crippen molar-refractivity contribution in [2.75, 3.05) is 25.5 Å². The minimum atomic E-state index is 0.319. The largest absolute Gasteiger partial charge is 0.363 e. The predicted molar refractivity (Wildman–Crippen MR) is 69.7 cm³/mol. The van der Waals surface area contributed by atoms with E-state index in [1.807, 2.05) is 25.1 Å². The maximum absolute atomic E-state index is 4.56. The van der Waals surface area contributed by atoms with E-state index in [1.165, 1.54) is 0 Å². The highest BCUT2D eigenvalue weighted by Gasteiger charge is 2.09. The van der Waals surface area contributed by atoms with E-state index in [2.05, 4.69) is 43.2 Å². The molecule has 90 valence electrons. The molecule has 0 spiro atoms. The van der Waals surface area contributed by atoms with Crippen molar-refractivity contribution in [3.05, 3.63) is 23.9 Å². The Kier molecular flexibility index (Phi) is 4.30. The Bertz CT molecular complexity index is 326. The lowest BCUT2D eigenvalue weighted by molar-refractivity contribution is 0.378. The molecular formula is C13H23N3. The molecule has 1 aromatic rings. The van der Waals surface area contributed by atoms with E-state index in [0.717, 1.165) is 24.6 Å². The third-order valence-electron chi connectivity index (χ3n) is 2.21. The van der Waals surface area contributed by atoms with E-state index in [0.29, 0.717) is 5.41 Å². The molecule has 1 rings (SSSR count). The van der Waals surface area contributed by atoms with E-state index in [9.17, 15) is 0 Å². The fraction of sp³-hybridized carbons (Fsp3) is 0.615. The number of hydrogen-bond acceptors (Lipinski definition) is 3. The zero-order valence-corrected chi connectivity index (χ0v) is 11.0. The fourth-order valence-corrected chi connectivity index (χ4v) is 1.38. The summed E-state index contributed by atoms with van der Waals surface area (Å²) in [4.78, 5) is 6.58. The highest BCUT2D eigenvalue weighted by atomic mass is 15.1. The van der Waals surface area contributed by atoms with Crippen LogP contribution < -0.4 is 10.2 Å². The second-order valence-electron chi connectivity index (χ2n) is 5.55. The van der Waals surface area contributed by atoms with Crippen molar-refractivity contribution in [3.63, 3.8) is 0 Å². The van der Waals surface area contributed by atoms with E-state index >= 15 is 0 Å². The SMILES string of the molecule is CN(C)c1cccc(CNCC(C)(C)C)n1. The summed E-state index contributed by atoms with van der Waals surface area (Å²) >= 11 is 0. The number of nitrogens with one attached hydrogen (secondary N) is 1. The highest BCUT2D eigenvalue weighted by molar-refractivity contribution is 5.36. The number of aromatic nitrogens is 1. The average molecular weight is 221 g/mol. The van der Waals surface area contributed by atoms with Crippen molar-refractivity contribution in [1.82, 2.24) is 10.3 Å². The van der Waals surface area contributed by atoms with Gasteiger partial charge >= 0.3 is 0 Å². The molecule has 0 fully saturated rings. The summed E-state index contributed by atoms with van der Waals surface area (Å²) in [5, 5.41) is 3.43. The molecule has 1 N–H and O–H groups in total. The predicted octanol–water partition coefficient (Wildman–Crippen LogP) is 2.28. The standard InChI is InChI=1S/C13H23N3/c1-13(2,3)10-14-9-11-7-6-8-12(15-11)16(4)5/h6-8,14H,9-10H2,1-5H3. The summed E-state index contributed by atoms with van der Waals surface area (Å²) < 4.78 is 0. The van der Waals surface area contributed by atoms with Gasteiger partial charge in [0.2, 0.25) is 0 Å². The fourth-order valence-electron chi connectivity index (χ4n) is 1.38. The second-order valence-corrected chi connectivity index (χ2v) is 5.55. The van der Waals surface area contributed by atoms with Crippen molar-refractivity contribution in [2.24, 2.45) is 5.41 Å². The van der Waals surface area contributed by atoms with Crippen molar-refractivity contribution in [1.29, 1.82) is 0 Å². The van der Waals surface area contributed by atoms with Crippen LogP contribution in [-0.2, 0) is 6.54 Å². The summed E-state index contributed by atoms with van der Waals surface area (Å²) in [6.45, 7) is 8.51. The van der Waals surface area contributed by atoms with E-state index in [1.54, 1.807) is 0 Å². The number of pyridine rings is 1. The minimum Gasteiger partial charge on any atom is -0.363 e. The Morgan fingerprint density at radius 1 is 1.25 bits per heavy atom. The Hall–Kier alpha value is -1.09. The Morgan fingerprint density at radius 2 is 1.94 bits per heavy atom. The van der Waals surface area contributed by atoms with Crippen molar-refractivity contribution in [2.45, 2.75) is 27.3 Å². The van der Waals surface area contributed by atoms with Crippen LogP contribution in [0.3, 0.4) is 0 Å². The first kappa shape index (κ1) is 13.0. The molecule has 1 heterocycles. The Morgan fingerprint density at radius 3 is 2.50 bits per heavy atom. The molecule has 0 aliphatic carbocycles. The van der Waals surface area contributed by atoms with Crippen LogP contribution in [-0.4, -0.2) is 25.6 Å². The molecular weight excluding hydrogens is 198 g/mol. The van der Waals surface area contributed by atoms with Crippen LogP contribution in [0.1, 0.15) is 26.5 Å². The molecule has 0 aliphatic heterocycles. The van der Waals surface area contributed by atoms with Crippen LogP contribution in [0.25, 0.3) is 0 Å². The molecule has 0 radical (unpaired) electrons. The van der Waals surface area contributed by atoms with E-state index in [4.69, 9.17) is 0 Å². The highest BCUT2D eigenvalue weighted by Crippen LogP contribution is 2.11. The van der Waals surface area contributed by atoms with Gasteiger partial charge in [0.1, 0.15) is 5.82 Å². The third kappa shape index (κ3) is 4.62. The molecule has 0 unspecified atom stereocenters. The molecule has 0 aliphatic rings. The van der Waals surface area contributed by atoms with Gasteiger partial charge in [-0.05, 0) is 17.5 Å². The minimum absolute atomic E-state index is 0.319. The number of rotatable bonds is 4. The van der Waals surface area contributed by atoms with Gasteiger partial charge in [-0.15, -0.1) is 0 Å². The van der Waals surface area contributed by atoms with Crippen LogP contribution in [0.5, 0.6) is 0 Å². The Labute approximate surface area is 98.9 Å². The van der Waals surface area contributed by atoms with E-state index in [-0.39, 0.29) is 0 Å². The van der Waals surface area contributed by atoms with Crippen LogP contribution in [0.4, 0.5) is 5.82 Å². The summed E-state index contributed by atoms with van der Waals surface area (Å²) in [7, 11) is 4.02. The van der Waals surface area contributed by atoms with Gasteiger partial charge in [-0.25, -0.2) is 4.98 Å². The third-order valence-corrected chi connectivity index (χ3v) is 2.21.